The molecular formula is C11H12F2N2O2S. The lowest BCUT2D eigenvalue weighted by Crippen LogP contribution is -2.25. The molecule has 0 unspecified atom stereocenters. The number of benzene rings is 1. The van der Waals surface area contributed by atoms with Crippen molar-refractivity contribution in [2.45, 2.75) is 18.9 Å². The van der Waals surface area contributed by atoms with Crippen LogP contribution < -0.4 is 5.32 Å². The van der Waals surface area contributed by atoms with Crippen molar-refractivity contribution in [3.63, 3.8) is 0 Å². The molecule has 98 valence electrons. The van der Waals surface area contributed by atoms with Gasteiger partial charge < -0.3 is 5.32 Å². The fraction of sp³-hybridized carbons (Fsp3) is 0.455. The van der Waals surface area contributed by atoms with E-state index in [4.69, 9.17) is 0 Å². The van der Waals surface area contributed by atoms with E-state index in [-0.39, 0.29) is 11.7 Å². The number of thioether (sulfide) groups is 1. The quantitative estimate of drug-likeness (QED) is 0.679. The summed E-state index contributed by atoms with van der Waals surface area (Å²) in [5.41, 5.74) is -0.841. The summed E-state index contributed by atoms with van der Waals surface area (Å²) >= 11 is 1.81. The molecule has 1 fully saturated rings. The summed E-state index contributed by atoms with van der Waals surface area (Å²) in [6, 6.07) is 1.50. The van der Waals surface area contributed by atoms with Crippen molar-refractivity contribution in [1.29, 1.82) is 0 Å². The van der Waals surface area contributed by atoms with E-state index in [0.29, 0.717) is 0 Å². The van der Waals surface area contributed by atoms with Gasteiger partial charge in [0.05, 0.1) is 17.1 Å². The molecule has 0 spiro atoms. The number of hydrogen-bond acceptors (Lipinski definition) is 4. The molecular weight excluding hydrogens is 262 g/mol. The third-order valence-electron chi connectivity index (χ3n) is 2.81. The van der Waals surface area contributed by atoms with Gasteiger partial charge in [-0.15, -0.1) is 0 Å². The average molecular weight is 274 g/mol. The Morgan fingerprint density at radius 2 is 1.83 bits per heavy atom. The molecule has 1 N–H and O–H groups in total. The molecule has 7 heteroatoms. The Labute approximate surface area is 107 Å². The van der Waals surface area contributed by atoms with Crippen LogP contribution >= 0.6 is 11.8 Å². The van der Waals surface area contributed by atoms with E-state index in [1.165, 1.54) is 0 Å². The molecule has 1 saturated heterocycles. The fourth-order valence-electron chi connectivity index (χ4n) is 1.85. The molecule has 0 saturated carbocycles. The van der Waals surface area contributed by atoms with Crippen molar-refractivity contribution < 1.29 is 13.7 Å². The third-order valence-corrected chi connectivity index (χ3v) is 3.86. The molecule has 1 heterocycles. The first kappa shape index (κ1) is 13.1. The van der Waals surface area contributed by atoms with Crippen LogP contribution in [0.4, 0.5) is 20.2 Å². The lowest BCUT2D eigenvalue weighted by Gasteiger charge is -2.23. The first-order valence-corrected chi connectivity index (χ1v) is 6.71. The standard InChI is InChI=1S/C11H12F2N2O2S/c12-9-5-8(15(16)17)6-10(13)11(9)14-7-1-3-18-4-2-7/h5-7,14H,1-4H2. The Balaban J connectivity index is 2.19. The summed E-state index contributed by atoms with van der Waals surface area (Å²) in [5.74, 6) is 0.0711. The molecule has 1 aliphatic rings. The van der Waals surface area contributed by atoms with Gasteiger partial charge in [-0.3, -0.25) is 10.1 Å². The van der Waals surface area contributed by atoms with Crippen LogP contribution in [-0.4, -0.2) is 22.5 Å². The third kappa shape index (κ3) is 2.90. The van der Waals surface area contributed by atoms with Crippen molar-refractivity contribution in [2.24, 2.45) is 0 Å². The second kappa shape index (κ2) is 5.51. The van der Waals surface area contributed by atoms with Crippen molar-refractivity contribution >= 4 is 23.1 Å². The molecule has 0 amide bonds. The molecule has 1 aromatic rings. The summed E-state index contributed by atoms with van der Waals surface area (Å²) in [5, 5.41) is 13.3. The molecule has 1 aromatic carbocycles. The smallest absolute Gasteiger partial charge is 0.275 e. The van der Waals surface area contributed by atoms with Gasteiger partial charge in [-0.25, -0.2) is 8.78 Å². The molecule has 0 bridgehead atoms. The Kier molecular flexibility index (Phi) is 4.00. The number of nitro benzene ring substituents is 1. The highest BCUT2D eigenvalue weighted by molar-refractivity contribution is 7.99. The minimum Gasteiger partial charge on any atom is -0.377 e. The zero-order valence-corrected chi connectivity index (χ0v) is 10.3. The van der Waals surface area contributed by atoms with Gasteiger partial charge in [-0.1, -0.05) is 0 Å². The van der Waals surface area contributed by atoms with E-state index in [2.05, 4.69) is 5.32 Å². The van der Waals surface area contributed by atoms with Crippen molar-refractivity contribution in [1.82, 2.24) is 0 Å². The predicted molar refractivity (Wildman–Crippen MR) is 67.0 cm³/mol. The Morgan fingerprint density at radius 3 is 2.33 bits per heavy atom. The normalized spacial score (nSPS) is 16.6. The van der Waals surface area contributed by atoms with Crippen molar-refractivity contribution in [3.8, 4) is 0 Å². The Hall–Kier alpha value is -1.37. The average Bonchev–Trinajstić information content (AvgIpc) is 2.34. The van der Waals surface area contributed by atoms with Gasteiger partial charge in [0, 0.05) is 6.04 Å². The molecule has 0 aromatic heterocycles. The summed E-state index contributed by atoms with van der Waals surface area (Å²) in [6.07, 6.45) is 1.67. The number of non-ortho nitro benzene ring substituents is 1. The lowest BCUT2D eigenvalue weighted by molar-refractivity contribution is -0.385. The largest absolute Gasteiger partial charge is 0.377 e. The Morgan fingerprint density at radius 1 is 1.28 bits per heavy atom. The SMILES string of the molecule is O=[N+]([O-])c1cc(F)c(NC2CCSCC2)c(F)c1. The van der Waals surface area contributed by atoms with E-state index < -0.39 is 22.2 Å². The van der Waals surface area contributed by atoms with Crippen molar-refractivity contribution in [3.05, 3.63) is 33.9 Å². The van der Waals surface area contributed by atoms with Crippen LogP contribution in [0.15, 0.2) is 12.1 Å². The van der Waals surface area contributed by atoms with Crippen LogP contribution in [0, 0.1) is 21.7 Å². The van der Waals surface area contributed by atoms with E-state index in [9.17, 15) is 18.9 Å². The molecule has 4 nitrogen and oxygen atoms in total. The van der Waals surface area contributed by atoms with E-state index in [0.717, 1.165) is 36.5 Å². The van der Waals surface area contributed by atoms with Crippen LogP contribution in [0.25, 0.3) is 0 Å². The number of halogens is 2. The molecule has 0 atom stereocenters. The minimum absolute atomic E-state index is 0.0247. The molecule has 0 radical (unpaired) electrons. The number of rotatable bonds is 3. The van der Waals surface area contributed by atoms with Crippen LogP contribution in [-0.2, 0) is 0 Å². The number of anilines is 1. The zero-order valence-electron chi connectivity index (χ0n) is 9.49. The monoisotopic (exact) mass is 274 g/mol. The number of nitrogens with zero attached hydrogens (tertiary/aromatic N) is 1. The van der Waals surface area contributed by atoms with Gasteiger partial charge in [0.2, 0.25) is 0 Å². The van der Waals surface area contributed by atoms with Crippen LogP contribution in [0.3, 0.4) is 0 Å². The van der Waals surface area contributed by atoms with E-state index in [1.54, 1.807) is 0 Å². The fourth-order valence-corrected chi connectivity index (χ4v) is 2.96. The van der Waals surface area contributed by atoms with E-state index >= 15 is 0 Å². The van der Waals surface area contributed by atoms with Gasteiger partial charge >= 0.3 is 0 Å². The maximum Gasteiger partial charge on any atom is 0.275 e. The highest BCUT2D eigenvalue weighted by atomic mass is 32.2. The maximum absolute atomic E-state index is 13.6. The summed E-state index contributed by atoms with van der Waals surface area (Å²) in [4.78, 5) is 9.64. The highest BCUT2D eigenvalue weighted by Gasteiger charge is 2.20. The number of nitro groups is 1. The van der Waals surface area contributed by atoms with Gasteiger partial charge in [-0.05, 0) is 24.3 Å². The van der Waals surface area contributed by atoms with Crippen molar-refractivity contribution in [2.75, 3.05) is 16.8 Å². The molecule has 2 rings (SSSR count). The second-order valence-electron chi connectivity index (χ2n) is 4.07. The van der Waals surface area contributed by atoms with E-state index in [1.807, 2.05) is 11.8 Å². The number of nitrogens with one attached hydrogen (secondary N) is 1. The maximum atomic E-state index is 13.6. The second-order valence-corrected chi connectivity index (χ2v) is 5.30. The zero-order chi connectivity index (χ0) is 13.1. The predicted octanol–water partition coefficient (Wildman–Crippen LogP) is 3.18. The lowest BCUT2D eigenvalue weighted by atomic mass is 10.1. The topological polar surface area (TPSA) is 55.2 Å². The van der Waals surface area contributed by atoms with Crippen LogP contribution in [0.1, 0.15) is 12.8 Å². The highest BCUT2D eigenvalue weighted by Crippen LogP contribution is 2.28. The number of hydrogen-bond donors (Lipinski definition) is 1. The first-order chi connectivity index (χ1) is 8.58. The van der Waals surface area contributed by atoms with Gasteiger partial charge in [0.25, 0.3) is 5.69 Å². The summed E-state index contributed by atoms with van der Waals surface area (Å²) < 4.78 is 27.2. The van der Waals surface area contributed by atoms with Crippen LogP contribution in [0.2, 0.25) is 0 Å². The molecule has 0 aliphatic carbocycles. The van der Waals surface area contributed by atoms with Gasteiger partial charge in [0.1, 0.15) is 5.69 Å². The minimum atomic E-state index is -0.917. The van der Waals surface area contributed by atoms with Gasteiger partial charge in [-0.2, -0.15) is 11.8 Å². The molecule has 1 aliphatic heterocycles. The molecule has 18 heavy (non-hydrogen) atoms. The summed E-state index contributed by atoms with van der Waals surface area (Å²) in [6.45, 7) is 0. The van der Waals surface area contributed by atoms with Crippen LogP contribution in [0.5, 0.6) is 0 Å². The van der Waals surface area contributed by atoms with Gasteiger partial charge in [0.15, 0.2) is 11.6 Å². The first-order valence-electron chi connectivity index (χ1n) is 5.55. The Bertz CT molecular complexity index is 441. The summed E-state index contributed by atoms with van der Waals surface area (Å²) in [7, 11) is 0.